The van der Waals surface area contributed by atoms with E-state index >= 15 is 0 Å². The van der Waals surface area contributed by atoms with Gasteiger partial charge in [0.15, 0.2) is 0 Å². The van der Waals surface area contributed by atoms with Gasteiger partial charge in [-0.05, 0) is 82.1 Å². The molecule has 9 nitrogen and oxygen atoms in total. The number of hydrogen-bond donors (Lipinski definition) is 2. The van der Waals surface area contributed by atoms with E-state index in [0.717, 1.165) is 52.6 Å². The molecule has 0 radical (unpaired) electrons. The number of methoxy groups -OCH3 is 1. The van der Waals surface area contributed by atoms with Crippen molar-refractivity contribution >= 4 is 35.4 Å². The first-order valence-corrected chi connectivity index (χ1v) is 14.1. The molecule has 2 amide bonds. The molecule has 3 aromatic rings. The Bertz CT molecular complexity index is 1450. The van der Waals surface area contributed by atoms with Crippen LogP contribution in [0.3, 0.4) is 0 Å². The molecule has 2 bridgehead atoms. The lowest BCUT2D eigenvalue weighted by Crippen LogP contribution is -2.50. The maximum Gasteiger partial charge on any atom is 0.494 e. The monoisotopic (exact) mass is 544 g/mol. The number of aromatic nitrogens is 2. The predicted octanol–water partition coefficient (Wildman–Crippen LogP) is 4.33. The van der Waals surface area contributed by atoms with E-state index in [1.807, 2.05) is 11.1 Å². The van der Waals surface area contributed by atoms with Crippen molar-refractivity contribution in [2.75, 3.05) is 7.11 Å². The summed E-state index contributed by atoms with van der Waals surface area (Å²) in [7, 11) is 0.894. The fraction of sp³-hybridized carbons (Fsp3) is 0.500. The second-order valence-corrected chi connectivity index (χ2v) is 12.4. The molecule has 1 saturated carbocycles. The summed E-state index contributed by atoms with van der Waals surface area (Å²) >= 11 is 0. The van der Waals surface area contributed by atoms with Crippen LogP contribution in [-0.2, 0) is 18.8 Å². The average Bonchev–Trinajstić information content (AvgIpc) is 3.70. The maximum atomic E-state index is 13.4. The number of fused-ring (bicyclic) bond motifs is 3. The summed E-state index contributed by atoms with van der Waals surface area (Å²) in [4.78, 5) is 35.3. The van der Waals surface area contributed by atoms with Crippen LogP contribution < -0.4 is 10.8 Å². The molecule has 2 N–H and O–H groups in total. The minimum atomic E-state index is -0.675. The number of rotatable bonds is 5. The Morgan fingerprint density at radius 1 is 1.10 bits per heavy atom. The Hall–Kier alpha value is -3.37. The third-order valence-electron chi connectivity index (χ3n) is 9.31. The van der Waals surface area contributed by atoms with Crippen LogP contribution in [0.5, 0.6) is 0 Å². The molecular formula is C30H37BN4O5. The van der Waals surface area contributed by atoms with Crippen molar-refractivity contribution in [3.8, 4) is 11.3 Å². The Kier molecular flexibility index (Phi) is 6.46. The third-order valence-corrected chi connectivity index (χ3v) is 9.31. The standard InChI is InChI=1S/C30H37BN4O5/c1-17(33-28(37)38-6)27(36)35-23-12-10-21(15-23)25(35)26-32-16-24(34-26)20-8-7-19-14-22(11-9-18(19)13-20)31-39-29(2,3)30(4,5)40-31/h7-9,11,13-14,16-17,21,23,25H,10,12,15H2,1-6H3,(H,32,34)(H,33,37). The van der Waals surface area contributed by atoms with Gasteiger partial charge < -0.3 is 29.2 Å². The number of ether oxygens (including phenoxy) is 1. The molecule has 3 heterocycles. The van der Waals surface area contributed by atoms with Crippen LogP contribution in [0.2, 0.25) is 0 Å². The summed E-state index contributed by atoms with van der Waals surface area (Å²) in [5.74, 6) is 1.03. The van der Waals surface area contributed by atoms with Crippen molar-refractivity contribution < 1.29 is 23.6 Å². The topological polar surface area (TPSA) is 106 Å². The number of hydrogen-bond acceptors (Lipinski definition) is 6. The van der Waals surface area contributed by atoms with E-state index in [9.17, 15) is 9.59 Å². The smallest absolute Gasteiger partial charge is 0.453 e. The summed E-state index contributed by atoms with van der Waals surface area (Å²) in [6.45, 7) is 9.94. The number of imidazole rings is 1. The summed E-state index contributed by atoms with van der Waals surface area (Å²) in [6, 6.07) is 12.0. The second kappa shape index (κ2) is 9.63. The summed E-state index contributed by atoms with van der Waals surface area (Å²) < 4.78 is 17.2. The molecule has 2 aromatic carbocycles. The molecule has 6 rings (SSSR count). The van der Waals surface area contributed by atoms with Gasteiger partial charge in [0.05, 0.1) is 36.2 Å². The molecule has 4 unspecified atom stereocenters. The highest BCUT2D eigenvalue weighted by molar-refractivity contribution is 6.62. The second-order valence-electron chi connectivity index (χ2n) is 12.4. The Labute approximate surface area is 235 Å². The van der Waals surface area contributed by atoms with Gasteiger partial charge in [0, 0.05) is 11.6 Å². The van der Waals surface area contributed by atoms with E-state index in [1.54, 1.807) is 6.92 Å². The predicted molar refractivity (Wildman–Crippen MR) is 153 cm³/mol. The SMILES string of the molecule is COC(=O)NC(C)C(=O)N1C2CCC(C2)C1c1ncc(-c2ccc3cc(B4OC(C)(C)C(C)(C)O4)ccc3c2)[nH]1. The number of H-pyrrole nitrogens is 1. The highest BCUT2D eigenvalue weighted by atomic mass is 16.7. The molecule has 2 aliphatic heterocycles. The number of carbonyl (C=O) groups excluding carboxylic acids is 2. The molecule has 3 aliphatic rings. The average molecular weight is 544 g/mol. The van der Waals surface area contributed by atoms with Crippen LogP contribution in [0.15, 0.2) is 42.6 Å². The highest BCUT2D eigenvalue weighted by Gasteiger charge is 2.52. The van der Waals surface area contributed by atoms with Gasteiger partial charge in [-0.1, -0.05) is 30.3 Å². The number of nitrogens with one attached hydrogen (secondary N) is 2. The fourth-order valence-electron chi connectivity index (χ4n) is 6.37. The zero-order chi connectivity index (χ0) is 28.4. The van der Waals surface area contributed by atoms with Crippen LogP contribution in [0.4, 0.5) is 4.79 Å². The van der Waals surface area contributed by atoms with Crippen molar-refractivity contribution in [3.05, 3.63) is 48.4 Å². The minimum absolute atomic E-state index is 0.107. The summed E-state index contributed by atoms with van der Waals surface area (Å²) in [5, 5.41) is 4.83. The maximum absolute atomic E-state index is 13.4. The van der Waals surface area contributed by atoms with Crippen LogP contribution in [-0.4, -0.2) is 64.4 Å². The quantitative estimate of drug-likeness (QED) is 0.464. The van der Waals surface area contributed by atoms with Gasteiger partial charge in [0.25, 0.3) is 0 Å². The lowest BCUT2D eigenvalue weighted by atomic mass is 9.78. The van der Waals surface area contributed by atoms with Gasteiger partial charge in [-0.2, -0.15) is 0 Å². The number of piperidine rings is 1. The number of nitrogens with zero attached hydrogens (tertiary/aromatic N) is 2. The van der Waals surface area contributed by atoms with Crippen LogP contribution in [0.25, 0.3) is 22.0 Å². The number of likely N-dealkylation sites (tertiary alicyclic amines) is 1. The highest BCUT2D eigenvalue weighted by Crippen LogP contribution is 2.50. The molecule has 2 saturated heterocycles. The van der Waals surface area contributed by atoms with Crippen molar-refractivity contribution in [2.45, 2.75) is 83.2 Å². The molecule has 0 spiro atoms. The van der Waals surface area contributed by atoms with E-state index < -0.39 is 19.3 Å². The molecule has 40 heavy (non-hydrogen) atoms. The first-order valence-electron chi connectivity index (χ1n) is 14.1. The van der Waals surface area contributed by atoms with Crippen LogP contribution in [0.1, 0.15) is 65.7 Å². The Balaban J connectivity index is 1.23. The Morgan fingerprint density at radius 3 is 2.52 bits per heavy atom. The van der Waals surface area contributed by atoms with E-state index in [2.05, 4.69) is 79.1 Å². The van der Waals surface area contributed by atoms with E-state index in [-0.39, 0.29) is 29.2 Å². The van der Waals surface area contributed by atoms with Crippen molar-refractivity contribution in [1.82, 2.24) is 20.2 Å². The zero-order valence-electron chi connectivity index (χ0n) is 24.0. The van der Waals surface area contributed by atoms with Crippen LogP contribution in [0, 0.1) is 5.92 Å². The van der Waals surface area contributed by atoms with E-state index in [0.29, 0.717) is 5.92 Å². The fourth-order valence-corrected chi connectivity index (χ4v) is 6.37. The number of amides is 2. The third kappa shape index (κ3) is 4.47. The summed E-state index contributed by atoms with van der Waals surface area (Å²) in [5.41, 5.74) is 2.16. The van der Waals surface area contributed by atoms with Gasteiger partial charge >= 0.3 is 13.2 Å². The van der Waals surface area contributed by atoms with Gasteiger partial charge in [-0.25, -0.2) is 9.78 Å². The van der Waals surface area contributed by atoms with Gasteiger partial charge in [0.2, 0.25) is 5.91 Å². The Morgan fingerprint density at radius 2 is 1.80 bits per heavy atom. The molecule has 1 aliphatic carbocycles. The lowest BCUT2D eigenvalue weighted by Gasteiger charge is -2.36. The van der Waals surface area contributed by atoms with Crippen molar-refractivity contribution in [2.24, 2.45) is 5.92 Å². The number of aromatic amines is 1. The van der Waals surface area contributed by atoms with Gasteiger partial charge in [0.1, 0.15) is 11.9 Å². The zero-order valence-corrected chi connectivity index (χ0v) is 24.0. The largest absolute Gasteiger partial charge is 0.494 e. The van der Waals surface area contributed by atoms with E-state index in [4.69, 9.17) is 14.3 Å². The van der Waals surface area contributed by atoms with Gasteiger partial charge in [-0.15, -0.1) is 0 Å². The molecule has 3 fully saturated rings. The molecule has 4 atom stereocenters. The van der Waals surface area contributed by atoms with Crippen molar-refractivity contribution in [1.29, 1.82) is 0 Å². The molecule has 1 aromatic heterocycles. The number of benzene rings is 2. The van der Waals surface area contributed by atoms with Crippen LogP contribution >= 0.6 is 0 Å². The first-order chi connectivity index (χ1) is 19.0. The molecule has 210 valence electrons. The van der Waals surface area contributed by atoms with E-state index in [1.165, 1.54) is 7.11 Å². The number of alkyl carbamates (subject to hydrolysis) is 1. The molecular weight excluding hydrogens is 507 g/mol. The minimum Gasteiger partial charge on any atom is -0.453 e. The lowest BCUT2D eigenvalue weighted by molar-refractivity contribution is -0.137. The molecule has 10 heteroatoms. The first kappa shape index (κ1) is 26.8. The van der Waals surface area contributed by atoms with Crippen molar-refractivity contribution in [3.63, 3.8) is 0 Å². The summed E-state index contributed by atoms with van der Waals surface area (Å²) in [6.07, 6.45) is 4.24. The van der Waals surface area contributed by atoms with Gasteiger partial charge in [-0.3, -0.25) is 4.79 Å². The number of carbonyl (C=O) groups is 2. The normalized spacial score (nSPS) is 25.4.